The second-order valence-corrected chi connectivity index (χ2v) is 2.14. The molecule has 5 heteroatoms. The number of carbonyl (C=O) groups is 2. The number of amides is 2. The molecule has 0 aromatic rings. The summed E-state index contributed by atoms with van der Waals surface area (Å²) in [6.45, 7) is 0. The van der Waals surface area contributed by atoms with Crippen LogP contribution in [-0.2, 0) is 9.59 Å². The zero-order chi connectivity index (χ0) is 6.85. The second-order valence-electron chi connectivity index (χ2n) is 2.14. The lowest BCUT2D eigenvalue weighted by atomic mass is 10.1. The van der Waals surface area contributed by atoms with E-state index in [0.29, 0.717) is 0 Å². The minimum Gasteiger partial charge on any atom is -0.327 e. The SMILES string of the molecule is Cl.NC1CC(=O)NC(=O)C1. The van der Waals surface area contributed by atoms with Crippen molar-refractivity contribution in [1.82, 2.24) is 5.32 Å². The van der Waals surface area contributed by atoms with Gasteiger partial charge in [-0.25, -0.2) is 0 Å². The highest BCUT2D eigenvalue weighted by atomic mass is 35.5. The molecule has 0 aliphatic carbocycles. The molecule has 0 radical (unpaired) electrons. The molecule has 4 nitrogen and oxygen atoms in total. The van der Waals surface area contributed by atoms with Crippen LogP contribution in [0.4, 0.5) is 0 Å². The van der Waals surface area contributed by atoms with Crippen LogP contribution in [0, 0.1) is 0 Å². The Labute approximate surface area is 64.6 Å². The first kappa shape index (κ1) is 9.39. The van der Waals surface area contributed by atoms with Crippen molar-refractivity contribution in [2.24, 2.45) is 5.73 Å². The number of nitrogens with two attached hydrogens (primary N) is 1. The zero-order valence-electron chi connectivity index (χ0n) is 5.29. The molecule has 1 aliphatic heterocycles. The Morgan fingerprint density at radius 2 is 1.70 bits per heavy atom. The summed E-state index contributed by atoms with van der Waals surface area (Å²) in [7, 11) is 0. The van der Waals surface area contributed by atoms with Gasteiger partial charge in [0.25, 0.3) is 0 Å². The topological polar surface area (TPSA) is 72.2 Å². The molecule has 0 bridgehead atoms. The van der Waals surface area contributed by atoms with Crippen LogP contribution in [0.1, 0.15) is 12.8 Å². The van der Waals surface area contributed by atoms with Crippen molar-refractivity contribution >= 4 is 24.2 Å². The maximum Gasteiger partial charge on any atom is 0.228 e. The van der Waals surface area contributed by atoms with Gasteiger partial charge in [-0.15, -0.1) is 12.4 Å². The summed E-state index contributed by atoms with van der Waals surface area (Å²) in [6, 6.07) is -0.272. The average Bonchev–Trinajstić information content (AvgIpc) is 1.59. The van der Waals surface area contributed by atoms with Crippen molar-refractivity contribution in [2.75, 3.05) is 0 Å². The monoisotopic (exact) mass is 164 g/mol. The van der Waals surface area contributed by atoms with E-state index < -0.39 is 0 Å². The Bertz CT molecular complexity index is 144. The van der Waals surface area contributed by atoms with Gasteiger partial charge in [0.2, 0.25) is 11.8 Å². The van der Waals surface area contributed by atoms with E-state index in [-0.39, 0.29) is 43.1 Å². The van der Waals surface area contributed by atoms with Gasteiger partial charge in [0.15, 0.2) is 0 Å². The Hall–Kier alpha value is -0.610. The number of hydrogen-bond acceptors (Lipinski definition) is 3. The summed E-state index contributed by atoms with van der Waals surface area (Å²) >= 11 is 0. The van der Waals surface area contributed by atoms with Crippen LogP contribution in [-0.4, -0.2) is 17.9 Å². The predicted octanol–water partition coefficient (Wildman–Crippen LogP) is -0.828. The molecular formula is C5H9ClN2O2. The maximum atomic E-state index is 10.5. The first-order valence-corrected chi connectivity index (χ1v) is 2.77. The van der Waals surface area contributed by atoms with Crippen molar-refractivity contribution in [3.8, 4) is 0 Å². The molecule has 10 heavy (non-hydrogen) atoms. The van der Waals surface area contributed by atoms with Crippen LogP contribution in [0.2, 0.25) is 0 Å². The molecule has 0 atom stereocenters. The van der Waals surface area contributed by atoms with E-state index in [1.807, 2.05) is 0 Å². The number of halogens is 1. The van der Waals surface area contributed by atoms with Crippen molar-refractivity contribution in [2.45, 2.75) is 18.9 Å². The molecule has 2 amide bonds. The van der Waals surface area contributed by atoms with Gasteiger partial charge >= 0.3 is 0 Å². The fraction of sp³-hybridized carbons (Fsp3) is 0.600. The van der Waals surface area contributed by atoms with E-state index in [0.717, 1.165) is 0 Å². The van der Waals surface area contributed by atoms with E-state index >= 15 is 0 Å². The van der Waals surface area contributed by atoms with Gasteiger partial charge in [-0.3, -0.25) is 14.9 Å². The van der Waals surface area contributed by atoms with Crippen LogP contribution in [0.5, 0.6) is 0 Å². The van der Waals surface area contributed by atoms with Crippen molar-refractivity contribution in [3.63, 3.8) is 0 Å². The lowest BCUT2D eigenvalue weighted by molar-refractivity contribution is -0.133. The van der Waals surface area contributed by atoms with Crippen LogP contribution < -0.4 is 11.1 Å². The van der Waals surface area contributed by atoms with E-state index in [1.54, 1.807) is 0 Å². The standard InChI is InChI=1S/C5H8N2O2.ClH/c6-3-1-4(8)7-5(9)2-3;/h3H,1-2,6H2,(H,7,8,9);1H. The third kappa shape index (κ3) is 2.33. The minimum absolute atomic E-state index is 0. The number of piperidine rings is 1. The molecule has 3 N–H and O–H groups in total. The number of hydrogen-bond donors (Lipinski definition) is 2. The fourth-order valence-corrected chi connectivity index (χ4v) is 0.806. The molecule has 1 rings (SSSR count). The van der Waals surface area contributed by atoms with E-state index in [2.05, 4.69) is 5.32 Å². The Morgan fingerprint density at radius 1 is 1.30 bits per heavy atom. The maximum absolute atomic E-state index is 10.5. The molecule has 1 saturated heterocycles. The molecule has 58 valence electrons. The van der Waals surface area contributed by atoms with Crippen LogP contribution >= 0.6 is 12.4 Å². The number of carbonyl (C=O) groups excluding carboxylic acids is 2. The largest absolute Gasteiger partial charge is 0.327 e. The van der Waals surface area contributed by atoms with Gasteiger partial charge in [-0.2, -0.15) is 0 Å². The summed E-state index contributed by atoms with van der Waals surface area (Å²) in [5, 5.41) is 2.15. The van der Waals surface area contributed by atoms with Gasteiger partial charge in [0.05, 0.1) is 0 Å². The minimum atomic E-state index is -0.272. The zero-order valence-corrected chi connectivity index (χ0v) is 6.11. The number of imide groups is 1. The quantitative estimate of drug-likeness (QED) is 0.459. The molecular weight excluding hydrogens is 156 g/mol. The summed E-state index contributed by atoms with van der Waals surface area (Å²) in [4.78, 5) is 20.9. The second kappa shape index (κ2) is 3.53. The van der Waals surface area contributed by atoms with Crippen LogP contribution in [0.15, 0.2) is 0 Å². The number of rotatable bonds is 0. The summed E-state index contributed by atoms with van der Waals surface area (Å²) < 4.78 is 0. The molecule has 0 aromatic carbocycles. The van der Waals surface area contributed by atoms with Gasteiger partial charge in [-0.05, 0) is 0 Å². The summed E-state index contributed by atoms with van der Waals surface area (Å²) in [5.74, 6) is -0.530. The Kier molecular flexibility index (Phi) is 3.32. The average molecular weight is 165 g/mol. The predicted molar refractivity (Wildman–Crippen MR) is 37.6 cm³/mol. The third-order valence-corrected chi connectivity index (χ3v) is 1.17. The van der Waals surface area contributed by atoms with Gasteiger partial charge in [0, 0.05) is 18.9 Å². The highest BCUT2D eigenvalue weighted by Crippen LogP contribution is 1.99. The molecule has 1 heterocycles. The highest BCUT2D eigenvalue weighted by Gasteiger charge is 2.20. The third-order valence-electron chi connectivity index (χ3n) is 1.17. The smallest absolute Gasteiger partial charge is 0.228 e. The van der Waals surface area contributed by atoms with E-state index in [9.17, 15) is 9.59 Å². The molecule has 1 fully saturated rings. The van der Waals surface area contributed by atoms with Gasteiger partial charge in [0.1, 0.15) is 0 Å². The van der Waals surface area contributed by atoms with Crippen molar-refractivity contribution in [1.29, 1.82) is 0 Å². The normalized spacial score (nSPS) is 19.7. The van der Waals surface area contributed by atoms with Crippen molar-refractivity contribution in [3.05, 3.63) is 0 Å². The van der Waals surface area contributed by atoms with Crippen LogP contribution in [0.25, 0.3) is 0 Å². The molecule has 0 aromatic heterocycles. The highest BCUT2D eigenvalue weighted by molar-refractivity contribution is 5.98. The summed E-state index contributed by atoms with van der Waals surface area (Å²) in [6.07, 6.45) is 0.539. The van der Waals surface area contributed by atoms with E-state index in [1.165, 1.54) is 0 Å². The molecule has 0 spiro atoms. The first-order valence-electron chi connectivity index (χ1n) is 2.77. The molecule has 1 aliphatic rings. The summed E-state index contributed by atoms with van der Waals surface area (Å²) in [5.41, 5.74) is 5.33. The van der Waals surface area contributed by atoms with E-state index in [4.69, 9.17) is 5.73 Å². The number of nitrogens with one attached hydrogen (secondary N) is 1. The van der Waals surface area contributed by atoms with Gasteiger partial charge < -0.3 is 5.73 Å². The van der Waals surface area contributed by atoms with Crippen molar-refractivity contribution < 1.29 is 9.59 Å². The first-order chi connectivity index (χ1) is 4.18. The lowest BCUT2D eigenvalue weighted by Gasteiger charge is -2.15. The fourth-order valence-electron chi connectivity index (χ4n) is 0.806. The Balaban J connectivity index is 0.000000810. The van der Waals surface area contributed by atoms with Gasteiger partial charge in [-0.1, -0.05) is 0 Å². The lowest BCUT2D eigenvalue weighted by Crippen LogP contribution is -2.44. The molecule has 0 unspecified atom stereocenters. The molecule has 0 saturated carbocycles. The Morgan fingerprint density at radius 3 is 2.00 bits per heavy atom. The van der Waals surface area contributed by atoms with Crippen LogP contribution in [0.3, 0.4) is 0 Å².